The molecule has 3 aromatic rings. The predicted octanol–water partition coefficient (Wildman–Crippen LogP) is 3.83. The summed E-state index contributed by atoms with van der Waals surface area (Å²) in [6.45, 7) is 0. The lowest BCUT2D eigenvalue weighted by Crippen LogP contribution is -2.27. The second-order valence-corrected chi connectivity index (χ2v) is 9.64. The fourth-order valence-electron chi connectivity index (χ4n) is 3.26. The van der Waals surface area contributed by atoms with E-state index in [1.54, 1.807) is 48.9 Å². The van der Waals surface area contributed by atoms with Crippen molar-refractivity contribution in [3.8, 4) is 11.3 Å². The molecule has 0 aliphatic heterocycles. The van der Waals surface area contributed by atoms with Crippen LogP contribution in [0.1, 0.15) is 23.2 Å². The Hall–Kier alpha value is -2.80. The molecule has 1 N–H and O–H groups in total. The third-order valence-corrected chi connectivity index (χ3v) is 7.85. The molecule has 1 amide bonds. The van der Waals surface area contributed by atoms with Crippen molar-refractivity contribution in [1.82, 2.24) is 5.32 Å². The van der Waals surface area contributed by atoms with Gasteiger partial charge in [0, 0.05) is 42.2 Å². The molecular formula is C21H21FN2O3S. The highest BCUT2D eigenvalue weighted by Gasteiger charge is 2.26. The van der Waals surface area contributed by atoms with Gasteiger partial charge in [-0.3, -0.25) is 4.79 Å². The highest BCUT2D eigenvalue weighted by atomic mass is 32.2. The Morgan fingerprint density at radius 3 is 2.46 bits per heavy atom. The summed E-state index contributed by atoms with van der Waals surface area (Å²) < 4.78 is 34.1. The van der Waals surface area contributed by atoms with E-state index in [9.17, 15) is 13.4 Å². The predicted molar refractivity (Wildman–Crippen MR) is 112 cm³/mol. The first-order valence-electron chi connectivity index (χ1n) is 8.95. The minimum Gasteiger partial charge on any atom is -0.455 e. The van der Waals surface area contributed by atoms with Crippen LogP contribution < -0.4 is 9.62 Å². The standard InChI is InChI=1S/C21H21FN2O3S/c1-23-21(25)19-17-11-8-15(24(2)28(3,26)16-9-10-16)12-18(17)27-20(19)13-4-6-14(22)7-5-13/h4-8,11-12H,9-10H2,1-3H3,(H,23,25). The van der Waals surface area contributed by atoms with E-state index in [0.29, 0.717) is 27.9 Å². The summed E-state index contributed by atoms with van der Waals surface area (Å²) in [6, 6.07) is 11.2. The molecule has 0 radical (unpaired) electrons. The fourth-order valence-corrected chi connectivity index (χ4v) is 5.02. The summed E-state index contributed by atoms with van der Waals surface area (Å²) >= 11 is 0. The maximum absolute atomic E-state index is 13.3. The molecule has 0 spiro atoms. The van der Waals surface area contributed by atoms with E-state index in [4.69, 9.17) is 4.42 Å². The minimum atomic E-state index is -2.23. The minimum absolute atomic E-state index is 0.285. The van der Waals surface area contributed by atoms with Crippen molar-refractivity contribution >= 4 is 37.1 Å². The van der Waals surface area contributed by atoms with Crippen LogP contribution in [0, 0.1) is 5.82 Å². The van der Waals surface area contributed by atoms with Crippen LogP contribution in [0.4, 0.5) is 10.1 Å². The number of carbonyl (C=O) groups is 1. The summed E-state index contributed by atoms with van der Waals surface area (Å²) in [5.41, 5.74) is 2.27. The SMILES string of the molecule is CNC(=O)c1c(-c2ccc(F)cc2)oc2cc(N(C)S(C)(=O)=C3CC3)ccc12. The number of benzene rings is 2. The molecular weight excluding hydrogens is 379 g/mol. The quantitative estimate of drug-likeness (QED) is 0.677. The van der Waals surface area contributed by atoms with Crippen molar-refractivity contribution in [1.29, 1.82) is 0 Å². The average Bonchev–Trinajstić information content (AvgIpc) is 3.48. The molecule has 4 rings (SSSR count). The first kappa shape index (κ1) is 18.6. The fraction of sp³-hybridized carbons (Fsp3) is 0.238. The van der Waals surface area contributed by atoms with Crippen molar-refractivity contribution < 1.29 is 17.8 Å². The molecule has 0 saturated heterocycles. The number of anilines is 1. The lowest BCUT2D eigenvalue weighted by Gasteiger charge is -2.22. The van der Waals surface area contributed by atoms with Gasteiger partial charge in [-0.25, -0.2) is 8.60 Å². The Morgan fingerprint density at radius 2 is 1.86 bits per heavy atom. The number of hydrogen-bond acceptors (Lipinski definition) is 3. The number of halogens is 1. The van der Waals surface area contributed by atoms with Gasteiger partial charge < -0.3 is 14.0 Å². The molecule has 1 aromatic heterocycles. The van der Waals surface area contributed by atoms with E-state index >= 15 is 0 Å². The Bertz CT molecular complexity index is 1200. The Labute approximate surface area is 163 Å². The molecule has 1 aliphatic rings. The van der Waals surface area contributed by atoms with Crippen molar-refractivity contribution in [2.24, 2.45) is 0 Å². The summed E-state index contributed by atoms with van der Waals surface area (Å²) in [5.74, 6) is -0.268. The van der Waals surface area contributed by atoms with E-state index < -0.39 is 9.71 Å². The normalized spacial score (nSPS) is 15.4. The van der Waals surface area contributed by atoms with E-state index in [2.05, 4.69) is 5.32 Å². The lowest BCUT2D eigenvalue weighted by atomic mass is 10.0. The number of furan rings is 1. The maximum atomic E-state index is 13.3. The maximum Gasteiger partial charge on any atom is 0.255 e. The molecule has 0 bridgehead atoms. The van der Waals surface area contributed by atoms with Gasteiger partial charge in [-0.05, 0) is 49.2 Å². The highest BCUT2D eigenvalue weighted by Crippen LogP contribution is 2.36. The van der Waals surface area contributed by atoms with Crippen LogP contribution in [-0.2, 0) is 9.71 Å². The van der Waals surface area contributed by atoms with Gasteiger partial charge in [0.25, 0.3) is 5.91 Å². The highest BCUT2D eigenvalue weighted by molar-refractivity contribution is 8.03. The van der Waals surface area contributed by atoms with E-state index in [1.807, 2.05) is 6.07 Å². The Morgan fingerprint density at radius 1 is 1.18 bits per heavy atom. The van der Waals surface area contributed by atoms with Crippen molar-refractivity contribution in [2.75, 3.05) is 24.7 Å². The topological polar surface area (TPSA) is 62.6 Å². The van der Waals surface area contributed by atoms with Crippen molar-refractivity contribution in [3.63, 3.8) is 0 Å². The van der Waals surface area contributed by atoms with Crippen LogP contribution >= 0.6 is 0 Å². The monoisotopic (exact) mass is 400 g/mol. The molecule has 7 heteroatoms. The third kappa shape index (κ3) is 3.05. The van der Waals surface area contributed by atoms with Gasteiger partial charge in [0.2, 0.25) is 0 Å². The van der Waals surface area contributed by atoms with E-state index in [-0.39, 0.29) is 11.7 Å². The molecule has 1 heterocycles. The zero-order valence-corrected chi connectivity index (χ0v) is 16.7. The number of rotatable bonds is 4. The van der Waals surface area contributed by atoms with Gasteiger partial charge in [0.15, 0.2) is 0 Å². The van der Waals surface area contributed by atoms with Crippen molar-refractivity contribution in [3.05, 3.63) is 53.8 Å². The Kier molecular flexibility index (Phi) is 4.42. The number of amides is 1. The molecule has 1 atom stereocenters. The smallest absolute Gasteiger partial charge is 0.255 e. The van der Waals surface area contributed by atoms with Gasteiger partial charge in [-0.15, -0.1) is 0 Å². The van der Waals surface area contributed by atoms with Crippen LogP contribution in [0.2, 0.25) is 0 Å². The average molecular weight is 400 g/mol. The zero-order valence-electron chi connectivity index (χ0n) is 15.9. The summed E-state index contributed by atoms with van der Waals surface area (Å²) in [5, 5.41) is 3.28. The second-order valence-electron chi connectivity index (χ2n) is 6.91. The van der Waals surface area contributed by atoms with Crippen LogP contribution in [0.5, 0.6) is 0 Å². The van der Waals surface area contributed by atoms with Gasteiger partial charge in [-0.1, -0.05) is 0 Å². The summed E-state index contributed by atoms with van der Waals surface area (Å²) in [7, 11) is 1.12. The molecule has 1 aliphatic carbocycles. The summed E-state index contributed by atoms with van der Waals surface area (Å²) in [4.78, 5) is 13.6. The van der Waals surface area contributed by atoms with Gasteiger partial charge in [-0.2, -0.15) is 0 Å². The van der Waals surface area contributed by atoms with Gasteiger partial charge >= 0.3 is 0 Å². The summed E-state index contributed by atoms with van der Waals surface area (Å²) in [6.07, 6.45) is 3.55. The molecule has 1 fully saturated rings. The van der Waals surface area contributed by atoms with Crippen LogP contribution in [0.3, 0.4) is 0 Å². The number of carbonyl (C=O) groups excluding carboxylic acids is 1. The first-order valence-corrected chi connectivity index (χ1v) is 10.9. The Balaban J connectivity index is 1.89. The molecule has 1 saturated carbocycles. The molecule has 1 unspecified atom stereocenters. The van der Waals surface area contributed by atoms with Gasteiger partial charge in [0.1, 0.15) is 17.2 Å². The second kappa shape index (κ2) is 6.67. The third-order valence-electron chi connectivity index (χ3n) is 5.11. The first-order chi connectivity index (χ1) is 13.3. The number of hydrogen-bond donors (Lipinski definition) is 1. The number of nitrogens with one attached hydrogen (secondary N) is 1. The molecule has 146 valence electrons. The van der Waals surface area contributed by atoms with Gasteiger partial charge in [0.05, 0.1) is 21.0 Å². The van der Waals surface area contributed by atoms with Crippen LogP contribution in [-0.4, -0.2) is 35.3 Å². The van der Waals surface area contributed by atoms with E-state index in [1.165, 1.54) is 12.1 Å². The zero-order chi connectivity index (χ0) is 20.1. The van der Waals surface area contributed by atoms with E-state index in [0.717, 1.165) is 23.4 Å². The molecule has 5 nitrogen and oxygen atoms in total. The lowest BCUT2D eigenvalue weighted by molar-refractivity contribution is 0.0964. The molecule has 28 heavy (non-hydrogen) atoms. The molecule has 2 aromatic carbocycles. The largest absolute Gasteiger partial charge is 0.455 e. The van der Waals surface area contributed by atoms with Crippen LogP contribution in [0.15, 0.2) is 46.9 Å². The number of nitrogens with zero attached hydrogens (tertiary/aromatic N) is 1. The van der Waals surface area contributed by atoms with Crippen LogP contribution in [0.25, 0.3) is 22.3 Å². The number of fused-ring (bicyclic) bond motifs is 1. The van der Waals surface area contributed by atoms with Crippen molar-refractivity contribution in [2.45, 2.75) is 12.8 Å².